The zero-order valence-electron chi connectivity index (χ0n) is 10.4. The minimum Gasteiger partial charge on any atom is -0.0883 e. The van der Waals surface area contributed by atoms with E-state index in [-0.39, 0.29) is 0 Å². The van der Waals surface area contributed by atoms with E-state index in [1.165, 1.54) is 51.4 Å². The van der Waals surface area contributed by atoms with E-state index in [4.69, 9.17) is 0 Å². The molecule has 0 heterocycles. The quantitative estimate of drug-likeness (QED) is 0.345. The van der Waals surface area contributed by atoms with Crippen molar-refractivity contribution < 1.29 is 0 Å². The van der Waals surface area contributed by atoms with E-state index in [0.29, 0.717) is 0 Å². The lowest BCUT2D eigenvalue weighted by Crippen LogP contribution is -1.89. The summed E-state index contributed by atoms with van der Waals surface area (Å²) in [4.78, 5) is 0. The Labute approximate surface area is 90.8 Å². The molecule has 0 aromatic heterocycles. The first-order valence-electron chi connectivity index (χ1n) is 6.47. The van der Waals surface area contributed by atoms with Gasteiger partial charge in [0.2, 0.25) is 0 Å². The van der Waals surface area contributed by atoms with Gasteiger partial charge in [0.05, 0.1) is 0 Å². The van der Waals surface area contributed by atoms with Gasteiger partial charge in [-0.2, -0.15) is 0 Å². The van der Waals surface area contributed by atoms with E-state index >= 15 is 0 Å². The summed E-state index contributed by atoms with van der Waals surface area (Å²) in [5.41, 5.74) is 0. The fraction of sp³-hybridized carbons (Fsp3) is 0.857. The van der Waals surface area contributed by atoms with Crippen LogP contribution in [-0.2, 0) is 0 Å². The molecule has 0 saturated carbocycles. The molecule has 84 valence electrons. The van der Waals surface area contributed by atoms with Gasteiger partial charge in [-0.15, -0.1) is 0 Å². The molecule has 0 heteroatoms. The maximum absolute atomic E-state index is 2.41. The van der Waals surface area contributed by atoms with Crippen LogP contribution in [-0.4, -0.2) is 0 Å². The fourth-order valence-corrected chi connectivity index (χ4v) is 1.65. The Hall–Kier alpha value is -0.260. The molecule has 0 aliphatic rings. The molecular formula is C14H28. The molecule has 0 spiro atoms. The Morgan fingerprint density at radius 3 is 2.21 bits per heavy atom. The van der Waals surface area contributed by atoms with E-state index in [1.807, 2.05) is 0 Å². The Morgan fingerprint density at radius 1 is 0.929 bits per heavy atom. The first kappa shape index (κ1) is 13.7. The molecule has 0 saturated heterocycles. The number of hydrogen-bond acceptors (Lipinski definition) is 0. The molecule has 1 unspecified atom stereocenters. The number of allylic oxidation sites excluding steroid dienone is 2. The molecule has 0 radical (unpaired) electrons. The van der Waals surface area contributed by atoms with Crippen molar-refractivity contribution in [2.45, 2.75) is 72.1 Å². The molecule has 14 heavy (non-hydrogen) atoms. The van der Waals surface area contributed by atoms with Gasteiger partial charge in [0, 0.05) is 0 Å². The molecule has 0 fully saturated rings. The lowest BCUT2D eigenvalue weighted by Gasteiger charge is -2.04. The highest BCUT2D eigenvalue weighted by Gasteiger charge is 1.95. The van der Waals surface area contributed by atoms with Crippen molar-refractivity contribution in [1.29, 1.82) is 0 Å². The van der Waals surface area contributed by atoms with Crippen molar-refractivity contribution in [3.8, 4) is 0 Å². The normalized spacial score (nSPS) is 13.6. The van der Waals surface area contributed by atoms with Crippen molar-refractivity contribution in [3.63, 3.8) is 0 Å². The minimum atomic E-state index is 0.795. The Balaban J connectivity index is 3.26. The lowest BCUT2D eigenvalue weighted by molar-refractivity contribution is 0.574. The van der Waals surface area contributed by atoms with Crippen LogP contribution in [0.15, 0.2) is 12.2 Å². The lowest BCUT2D eigenvalue weighted by atomic mass is 10.0. The summed E-state index contributed by atoms with van der Waals surface area (Å²) >= 11 is 0. The van der Waals surface area contributed by atoms with Gasteiger partial charge in [0.1, 0.15) is 0 Å². The number of rotatable bonds is 9. The maximum atomic E-state index is 2.41. The highest BCUT2D eigenvalue weighted by Crippen LogP contribution is 2.11. The van der Waals surface area contributed by atoms with Crippen LogP contribution in [0.5, 0.6) is 0 Å². The first-order valence-corrected chi connectivity index (χ1v) is 6.47. The molecule has 0 aliphatic heterocycles. The Kier molecular flexibility index (Phi) is 10.6. The number of hydrogen-bond donors (Lipinski definition) is 0. The summed E-state index contributed by atoms with van der Waals surface area (Å²) in [6.07, 6.45) is 15.7. The van der Waals surface area contributed by atoms with Gasteiger partial charge in [0.25, 0.3) is 0 Å². The van der Waals surface area contributed by atoms with Gasteiger partial charge < -0.3 is 0 Å². The van der Waals surface area contributed by atoms with Crippen LogP contribution in [0.4, 0.5) is 0 Å². The van der Waals surface area contributed by atoms with Gasteiger partial charge in [-0.1, -0.05) is 65.0 Å². The Bertz CT molecular complexity index is 124. The Morgan fingerprint density at radius 2 is 1.57 bits per heavy atom. The van der Waals surface area contributed by atoms with Crippen LogP contribution in [0.25, 0.3) is 0 Å². The summed E-state index contributed by atoms with van der Waals surface area (Å²) in [5.74, 6) is 0.795. The molecule has 1 atom stereocenters. The topological polar surface area (TPSA) is 0 Å². The molecule has 0 aromatic rings. The van der Waals surface area contributed by atoms with E-state index in [9.17, 15) is 0 Å². The van der Waals surface area contributed by atoms with Crippen molar-refractivity contribution >= 4 is 0 Å². The SMILES string of the molecule is CCCCC/C=C/C(C)CCCCC. The molecule has 0 nitrogen and oxygen atoms in total. The number of unbranched alkanes of at least 4 members (excludes halogenated alkanes) is 5. The van der Waals surface area contributed by atoms with Gasteiger partial charge in [0.15, 0.2) is 0 Å². The second-order valence-corrected chi connectivity index (χ2v) is 4.40. The molecule has 0 amide bonds. The first-order chi connectivity index (χ1) is 6.81. The summed E-state index contributed by atoms with van der Waals surface area (Å²) in [5, 5.41) is 0. The fourth-order valence-electron chi connectivity index (χ4n) is 1.65. The van der Waals surface area contributed by atoms with Gasteiger partial charge in [-0.25, -0.2) is 0 Å². The molecule has 0 aromatic carbocycles. The van der Waals surface area contributed by atoms with Crippen molar-refractivity contribution in [3.05, 3.63) is 12.2 Å². The second-order valence-electron chi connectivity index (χ2n) is 4.40. The van der Waals surface area contributed by atoms with Crippen LogP contribution in [0, 0.1) is 5.92 Å². The predicted octanol–water partition coefficient (Wildman–Crippen LogP) is 5.34. The zero-order valence-corrected chi connectivity index (χ0v) is 10.4. The molecule has 0 rings (SSSR count). The molecule has 0 aliphatic carbocycles. The monoisotopic (exact) mass is 196 g/mol. The van der Waals surface area contributed by atoms with Crippen LogP contribution in [0.3, 0.4) is 0 Å². The van der Waals surface area contributed by atoms with E-state index < -0.39 is 0 Å². The van der Waals surface area contributed by atoms with Crippen molar-refractivity contribution in [2.24, 2.45) is 5.92 Å². The highest BCUT2D eigenvalue weighted by molar-refractivity contribution is 4.86. The van der Waals surface area contributed by atoms with Gasteiger partial charge >= 0.3 is 0 Å². The van der Waals surface area contributed by atoms with Gasteiger partial charge in [-0.05, 0) is 25.2 Å². The average molecular weight is 196 g/mol. The maximum Gasteiger partial charge on any atom is -0.0262 e. The van der Waals surface area contributed by atoms with E-state index in [1.54, 1.807) is 0 Å². The van der Waals surface area contributed by atoms with E-state index in [0.717, 1.165) is 5.92 Å². The minimum absolute atomic E-state index is 0.795. The summed E-state index contributed by atoms with van der Waals surface area (Å²) in [6.45, 7) is 6.87. The van der Waals surface area contributed by atoms with Crippen LogP contribution in [0.2, 0.25) is 0 Å². The zero-order chi connectivity index (χ0) is 10.6. The molecular weight excluding hydrogens is 168 g/mol. The molecule has 0 bridgehead atoms. The average Bonchev–Trinajstić information content (AvgIpc) is 2.18. The standard InChI is InChI=1S/C14H28/c1-4-6-8-9-11-13-14(3)12-10-7-5-2/h11,13-14H,4-10,12H2,1-3H3/b13-11+. The largest absolute Gasteiger partial charge is 0.0883 e. The summed E-state index contributed by atoms with van der Waals surface area (Å²) < 4.78 is 0. The third kappa shape index (κ3) is 9.83. The second kappa shape index (κ2) is 10.8. The molecule has 0 N–H and O–H groups in total. The predicted molar refractivity (Wildman–Crippen MR) is 66.6 cm³/mol. The summed E-state index contributed by atoms with van der Waals surface area (Å²) in [7, 11) is 0. The van der Waals surface area contributed by atoms with Gasteiger partial charge in [-0.3, -0.25) is 0 Å². The van der Waals surface area contributed by atoms with Crippen molar-refractivity contribution in [2.75, 3.05) is 0 Å². The smallest absolute Gasteiger partial charge is 0.0262 e. The van der Waals surface area contributed by atoms with E-state index in [2.05, 4.69) is 32.9 Å². The van der Waals surface area contributed by atoms with Crippen LogP contribution >= 0.6 is 0 Å². The third-order valence-corrected chi connectivity index (χ3v) is 2.70. The van der Waals surface area contributed by atoms with Crippen LogP contribution < -0.4 is 0 Å². The highest BCUT2D eigenvalue weighted by atomic mass is 14.0. The summed E-state index contributed by atoms with van der Waals surface area (Å²) in [6, 6.07) is 0. The van der Waals surface area contributed by atoms with Crippen molar-refractivity contribution in [1.82, 2.24) is 0 Å². The third-order valence-electron chi connectivity index (χ3n) is 2.70. The van der Waals surface area contributed by atoms with Crippen LogP contribution in [0.1, 0.15) is 72.1 Å².